The smallest absolute Gasteiger partial charge is 0.278 e. The number of ether oxygens (including phenoxy) is 1. The predicted molar refractivity (Wildman–Crippen MR) is 78.7 cm³/mol. The van der Waals surface area contributed by atoms with Crippen molar-refractivity contribution < 1.29 is 9.53 Å². The molecule has 3 rings (SSSR count). The van der Waals surface area contributed by atoms with Crippen molar-refractivity contribution in [3.8, 4) is 5.75 Å². The van der Waals surface area contributed by atoms with E-state index in [9.17, 15) is 4.79 Å². The number of fused-ring (bicyclic) bond motifs is 1. The number of carbonyl (C=O) groups is 1. The topological polar surface area (TPSA) is 77.0 Å². The van der Waals surface area contributed by atoms with Crippen molar-refractivity contribution in [2.45, 2.75) is 6.92 Å². The second kappa shape index (κ2) is 5.51. The summed E-state index contributed by atoms with van der Waals surface area (Å²) in [7, 11) is 0. The van der Waals surface area contributed by atoms with Crippen molar-refractivity contribution in [2.24, 2.45) is 0 Å². The summed E-state index contributed by atoms with van der Waals surface area (Å²) in [5.74, 6) is 0.494. The Morgan fingerprint density at radius 3 is 3.10 bits per heavy atom. The van der Waals surface area contributed by atoms with Gasteiger partial charge in [-0.1, -0.05) is 15.8 Å². The van der Waals surface area contributed by atoms with Crippen molar-refractivity contribution >= 4 is 44.1 Å². The van der Waals surface area contributed by atoms with Crippen LogP contribution in [0.2, 0.25) is 0 Å². The van der Waals surface area contributed by atoms with Crippen LogP contribution in [0.3, 0.4) is 0 Å². The highest BCUT2D eigenvalue weighted by molar-refractivity contribution is 7.22. The molecule has 0 fully saturated rings. The van der Waals surface area contributed by atoms with E-state index in [0.717, 1.165) is 27.5 Å². The molecular formula is C12H10N4O2S2. The normalized spacial score (nSPS) is 10.7. The highest BCUT2D eigenvalue weighted by atomic mass is 32.1. The van der Waals surface area contributed by atoms with Crippen LogP contribution in [0.1, 0.15) is 17.4 Å². The fraction of sp³-hybridized carbons (Fsp3) is 0.167. The first-order valence-electron chi connectivity index (χ1n) is 5.88. The Bertz CT molecular complexity index is 739. The third kappa shape index (κ3) is 2.61. The highest BCUT2D eigenvalue weighted by Crippen LogP contribution is 2.29. The van der Waals surface area contributed by atoms with Crippen LogP contribution in [0.4, 0.5) is 5.13 Å². The Morgan fingerprint density at radius 2 is 2.35 bits per heavy atom. The number of thiazole rings is 1. The molecule has 0 aliphatic carbocycles. The average molecular weight is 306 g/mol. The summed E-state index contributed by atoms with van der Waals surface area (Å²) in [5, 5.41) is 8.56. The predicted octanol–water partition coefficient (Wildman–Crippen LogP) is 2.80. The Kier molecular flexibility index (Phi) is 3.57. The van der Waals surface area contributed by atoms with Crippen LogP contribution in [0.5, 0.6) is 5.75 Å². The molecule has 102 valence electrons. The van der Waals surface area contributed by atoms with Crippen molar-refractivity contribution in [3.05, 3.63) is 29.3 Å². The van der Waals surface area contributed by atoms with Gasteiger partial charge in [-0.3, -0.25) is 10.1 Å². The third-order valence-corrected chi connectivity index (χ3v) is 3.92. The number of nitrogens with zero attached hydrogens (tertiary/aromatic N) is 3. The molecule has 0 bridgehead atoms. The van der Waals surface area contributed by atoms with E-state index < -0.39 is 0 Å². The van der Waals surface area contributed by atoms with Crippen LogP contribution in [0.25, 0.3) is 10.2 Å². The molecule has 3 aromatic rings. The summed E-state index contributed by atoms with van der Waals surface area (Å²) in [4.78, 5) is 16.2. The molecule has 1 N–H and O–H groups in total. The standard InChI is InChI=1S/C12H10N4O2S2/c1-2-18-7-3-4-8-10(5-7)20-12(13-8)14-11(17)9-6-19-16-15-9/h3-6H,2H2,1H3,(H,13,14,17). The molecular weight excluding hydrogens is 296 g/mol. The van der Waals surface area contributed by atoms with E-state index in [4.69, 9.17) is 4.74 Å². The molecule has 20 heavy (non-hydrogen) atoms. The van der Waals surface area contributed by atoms with Gasteiger partial charge in [-0.2, -0.15) is 0 Å². The van der Waals surface area contributed by atoms with Crippen LogP contribution in [-0.2, 0) is 0 Å². The van der Waals surface area contributed by atoms with E-state index in [1.54, 1.807) is 5.38 Å². The molecule has 2 aromatic heterocycles. The molecule has 0 saturated carbocycles. The minimum Gasteiger partial charge on any atom is -0.494 e. The summed E-state index contributed by atoms with van der Waals surface area (Å²) in [6, 6.07) is 5.65. The lowest BCUT2D eigenvalue weighted by Gasteiger charge is -2.00. The van der Waals surface area contributed by atoms with E-state index in [-0.39, 0.29) is 5.91 Å². The fourth-order valence-corrected chi connectivity index (χ4v) is 2.97. The number of anilines is 1. The molecule has 0 aliphatic rings. The van der Waals surface area contributed by atoms with Gasteiger partial charge in [0.1, 0.15) is 5.75 Å². The molecule has 6 nitrogen and oxygen atoms in total. The van der Waals surface area contributed by atoms with Crippen LogP contribution in [0.15, 0.2) is 23.6 Å². The first-order chi connectivity index (χ1) is 9.76. The zero-order valence-electron chi connectivity index (χ0n) is 10.5. The molecule has 0 aliphatic heterocycles. The molecule has 0 unspecified atom stereocenters. The van der Waals surface area contributed by atoms with Crippen LogP contribution < -0.4 is 10.1 Å². The molecule has 1 aromatic carbocycles. The first kappa shape index (κ1) is 12.9. The largest absolute Gasteiger partial charge is 0.494 e. The van der Waals surface area contributed by atoms with Gasteiger partial charge in [0, 0.05) is 5.38 Å². The van der Waals surface area contributed by atoms with Crippen molar-refractivity contribution in [2.75, 3.05) is 11.9 Å². The van der Waals surface area contributed by atoms with E-state index >= 15 is 0 Å². The maximum Gasteiger partial charge on any atom is 0.278 e. The van der Waals surface area contributed by atoms with E-state index in [1.807, 2.05) is 25.1 Å². The van der Waals surface area contributed by atoms with Gasteiger partial charge in [0.05, 0.1) is 16.8 Å². The van der Waals surface area contributed by atoms with Gasteiger partial charge in [0.15, 0.2) is 10.8 Å². The summed E-state index contributed by atoms with van der Waals surface area (Å²) >= 11 is 2.53. The molecule has 0 radical (unpaired) electrons. The fourth-order valence-electron chi connectivity index (χ4n) is 1.64. The number of hydrogen-bond acceptors (Lipinski definition) is 7. The van der Waals surface area contributed by atoms with Gasteiger partial charge >= 0.3 is 0 Å². The van der Waals surface area contributed by atoms with Crippen LogP contribution >= 0.6 is 22.9 Å². The average Bonchev–Trinajstić information content (AvgIpc) is 3.06. The van der Waals surface area contributed by atoms with Crippen molar-refractivity contribution in [3.63, 3.8) is 0 Å². The molecule has 2 heterocycles. The highest BCUT2D eigenvalue weighted by Gasteiger charge is 2.12. The van der Waals surface area contributed by atoms with Crippen LogP contribution in [0, 0.1) is 0 Å². The lowest BCUT2D eigenvalue weighted by atomic mass is 10.3. The van der Waals surface area contributed by atoms with E-state index in [0.29, 0.717) is 17.4 Å². The Balaban J connectivity index is 1.84. The lowest BCUT2D eigenvalue weighted by Crippen LogP contribution is -2.11. The minimum absolute atomic E-state index is 0.296. The van der Waals surface area contributed by atoms with Gasteiger partial charge in [-0.25, -0.2) is 4.98 Å². The zero-order valence-corrected chi connectivity index (χ0v) is 12.1. The molecule has 8 heteroatoms. The Hall–Kier alpha value is -2.06. The maximum absolute atomic E-state index is 11.9. The second-order valence-electron chi connectivity index (χ2n) is 3.83. The van der Waals surface area contributed by atoms with Gasteiger partial charge in [0.2, 0.25) is 0 Å². The number of rotatable bonds is 4. The summed E-state index contributed by atoms with van der Waals surface area (Å²) in [5.41, 5.74) is 1.12. The number of amides is 1. The SMILES string of the molecule is CCOc1ccc2nc(NC(=O)c3csnn3)sc2c1. The van der Waals surface area contributed by atoms with Crippen molar-refractivity contribution in [1.82, 2.24) is 14.6 Å². The first-order valence-corrected chi connectivity index (χ1v) is 7.53. The second-order valence-corrected chi connectivity index (χ2v) is 5.47. The number of benzene rings is 1. The zero-order chi connectivity index (χ0) is 13.9. The van der Waals surface area contributed by atoms with Gasteiger partial charge in [-0.05, 0) is 36.7 Å². The molecule has 1 amide bonds. The van der Waals surface area contributed by atoms with E-state index in [2.05, 4.69) is 19.9 Å². The van der Waals surface area contributed by atoms with E-state index in [1.165, 1.54) is 11.3 Å². The quantitative estimate of drug-likeness (QED) is 0.802. The Morgan fingerprint density at radius 1 is 1.45 bits per heavy atom. The monoisotopic (exact) mass is 306 g/mol. The minimum atomic E-state index is -0.303. The van der Waals surface area contributed by atoms with Crippen molar-refractivity contribution in [1.29, 1.82) is 0 Å². The molecule has 0 saturated heterocycles. The number of nitrogens with one attached hydrogen (secondary N) is 1. The third-order valence-electron chi connectivity index (χ3n) is 2.48. The summed E-state index contributed by atoms with van der Waals surface area (Å²) in [6.45, 7) is 2.55. The number of aromatic nitrogens is 3. The number of hydrogen-bond donors (Lipinski definition) is 1. The number of carbonyl (C=O) groups excluding carboxylic acids is 1. The lowest BCUT2D eigenvalue weighted by molar-refractivity contribution is 0.102. The maximum atomic E-state index is 11.9. The Labute approximate surface area is 122 Å². The summed E-state index contributed by atoms with van der Waals surface area (Å²) in [6.07, 6.45) is 0. The van der Waals surface area contributed by atoms with Gasteiger partial charge < -0.3 is 4.74 Å². The van der Waals surface area contributed by atoms with Gasteiger partial charge in [0.25, 0.3) is 5.91 Å². The van der Waals surface area contributed by atoms with Crippen LogP contribution in [-0.4, -0.2) is 27.1 Å². The molecule has 0 atom stereocenters. The summed E-state index contributed by atoms with van der Waals surface area (Å²) < 4.78 is 10.1. The van der Waals surface area contributed by atoms with Gasteiger partial charge in [-0.15, -0.1) is 5.10 Å². The molecule has 0 spiro atoms.